The number of nitrogens with zero attached hydrogens (tertiary/aromatic N) is 1. The van der Waals surface area contributed by atoms with Gasteiger partial charge in [0.25, 0.3) is 0 Å². The number of hydrogen-bond acceptors (Lipinski definition) is 10. The Kier molecular flexibility index (Phi) is 11.6. The lowest BCUT2D eigenvalue weighted by Gasteiger charge is -2.29. The summed E-state index contributed by atoms with van der Waals surface area (Å²) >= 11 is 3.55. The number of aliphatic hydroxyl groups is 3. The van der Waals surface area contributed by atoms with Crippen LogP contribution in [0.25, 0.3) is 10.9 Å². The number of guanidine groups is 1. The number of aromatic hydroxyl groups is 1. The van der Waals surface area contributed by atoms with Crippen molar-refractivity contribution in [1.29, 1.82) is 0 Å². The molecule has 0 spiro atoms. The number of aliphatic carboxylic acids is 1. The number of amides is 1. The highest BCUT2D eigenvalue weighted by atomic mass is 79.9. The Morgan fingerprint density at radius 1 is 1.06 bits per heavy atom. The van der Waals surface area contributed by atoms with Crippen LogP contribution in [0.15, 0.2) is 70.1 Å². The Balaban J connectivity index is 1.37. The van der Waals surface area contributed by atoms with E-state index in [0.717, 1.165) is 5.56 Å². The first kappa shape index (κ1) is 37.6. The number of hydrogen-bond donors (Lipinski definition) is 10. The van der Waals surface area contributed by atoms with E-state index in [1.807, 2.05) is 57.2 Å². The molecule has 0 saturated heterocycles. The molecule has 3 aromatic carbocycles. The number of carboxylic acids is 1. The number of rotatable bonds is 12. The van der Waals surface area contributed by atoms with E-state index in [-0.39, 0.29) is 37.0 Å². The van der Waals surface area contributed by atoms with Crippen LogP contribution in [0.1, 0.15) is 80.7 Å². The van der Waals surface area contributed by atoms with Gasteiger partial charge in [0, 0.05) is 40.1 Å². The van der Waals surface area contributed by atoms with Crippen molar-refractivity contribution in [1.82, 2.24) is 15.6 Å². The molecule has 5 rings (SSSR count). The molecule has 51 heavy (non-hydrogen) atoms. The number of halogens is 1. The molecule has 14 heteroatoms. The largest absolute Gasteiger partial charge is 0.508 e. The van der Waals surface area contributed by atoms with Gasteiger partial charge in [-0.05, 0) is 65.3 Å². The predicted octanol–water partition coefficient (Wildman–Crippen LogP) is 4.74. The van der Waals surface area contributed by atoms with Gasteiger partial charge in [-0.1, -0.05) is 61.0 Å². The number of nitrogen functional groups attached to an aromatic ring is 1. The number of aromatic nitrogens is 1. The van der Waals surface area contributed by atoms with Gasteiger partial charge in [0.2, 0.25) is 5.91 Å². The van der Waals surface area contributed by atoms with E-state index in [9.17, 15) is 35.1 Å². The minimum Gasteiger partial charge on any atom is -0.508 e. The molecule has 0 saturated carbocycles. The van der Waals surface area contributed by atoms with E-state index in [1.165, 1.54) is 12.1 Å². The number of aromatic amines is 1. The number of phenolic OH excluding ortho intramolecular Hbond substituents is 1. The summed E-state index contributed by atoms with van der Waals surface area (Å²) in [6.07, 6.45) is -3.51. The fourth-order valence-corrected chi connectivity index (χ4v) is 6.67. The molecular weight excluding hydrogens is 720 g/mol. The maximum atomic E-state index is 13.6. The number of anilines is 2. The number of aliphatic imine (C=N–C) groups is 1. The van der Waals surface area contributed by atoms with Crippen molar-refractivity contribution in [3.8, 4) is 5.75 Å². The molecule has 0 radical (unpaired) electrons. The van der Waals surface area contributed by atoms with Crippen LogP contribution in [0, 0.1) is 5.92 Å². The first-order valence-electron chi connectivity index (χ1n) is 16.7. The zero-order valence-corrected chi connectivity index (χ0v) is 30.2. The van der Waals surface area contributed by atoms with Crippen LogP contribution in [0.2, 0.25) is 0 Å². The fraction of sp³-hybridized carbons (Fsp3) is 0.378. The summed E-state index contributed by atoms with van der Waals surface area (Å²) in [5, 5.41) is 62.6. The zero-order chi connectivity index (χ0) is 37.0. The van der Waals surface area contributed by atoms with E-state index in [2.05, 4.69) is 41.9 Å². The van der Waals surface area contributed by atoms with Gasteiger partial charge < -0.3 is 52.2 Å². The Bertz CT molecular complexity index is 1920. The lowest BCUT2D eigenvalue weighted by Crippen LogP contribution is -2.42. The van der Waals surface area contributed by atoms with E-state index >= 15 is 0 Å². The summed E-state index contributed by atoms with van der Waals surface area (Å²) in [4.78, 5) is 33.8. The van der Waals surface area contributed by atoms with E-state index in [1.54, 1.807) is 12.1 Å². The Labute approximate surface area is 304 Å². The second-order valence-corrected chi connectivity index (χ2v) is 14.9. The summed E-state index contributed by atoms with van der Waals surface area (Å²) in [6.45, 7) is 6.60. The van der Waals surface area contributed by atoms with Gasteiger partial charge >= 0.3 is 5.97 Å². The molecule has 4 unspecified atom stereocenters. The Morgan fingerprint density at radius 2 is 1.80 bits per heavy atom. The molecule has 11 N–H and O–H groups in total. The molecule has 1 aliphatic rings. The number of carbonyl (C=O) groups excluding carboxylic acids is 1. The third-order valence-corrected chi connectivity index (χ3v) is 9.42. The van der Waals surface area contributed by atoms with E-state index < -0.39 is 42.1 Å². The molecule has 2 heterocycles. The molecule has 1 aliphatic heterocycles. The van der Waals surface area contributed by atoms with Crippen LogP contribution >= 0.6 is 15.9 Å². The topological polar surface area (TPSA) is 226 Å². The van der Waals surface area contributed by atoms with Gasteiger partial charge in [0.1, 0.15) is 5.75 Å². The van der Waals surface area contributed by atoms with Crippen molar-refractivity contribution >= 4 is 56.0 Å². The summed E-state index contributed by atoms with van der Waals surface area (Å²) in [6, 6.07) is 16.2. The number of phenols is 1. The zero-order valence-electron chi connectivity index (χ0n) is 28.7. The molecule has 272 valence electrons. The molecule has 1 amide bonds. The number of para-hydroxylation sites is 1. The minimum absolute atomic E-state index is 0.0372. The molecule has 1 aromatic heterocycles. The summed E-state index contributed by atoms with van der Waals surface area (Å²) in [5.74, 6) is -2.72. The highest BCUT2D eigenvalue weighted by Gasteiger charge is 2.35. The van der Waals surface area contributed by atoms with Crippen LogP contribution in [-0.4, -0.2) is 67.5 Å². The molecule has 13 nitrogen and oxygen atoms in total. The first-order chi connectivity index (χ1) is 24.1. The second kappa shape index (κ2) is 15.7. The van der Waals surface area contributed by atoms with Gasteiger partial charge in [-0.2, -0.15) is 0 Å². The van der Waals surface area contributed by atoms with Crippen LogP contribution in [0.5, 0.6) is 5.75 Å². The fourth-order valence-electron chi connectivity index (χ4n) is 6.16. The second-order valence-electron chi connectivity index (χ2n) is 14.0. The quantitative estimate of drug-likeness (QED) is 0.0953. The average molecular weight is 766 g/mol. The third-order valence-electron chi connectivity index (χ3n) is 8.97. The standard InChI is InChI=1S/C37H45BrN6O7/c1-37(2,3)21-10-20(11-22(38)14-21)33(27(35(50)51)16-30(48)34-32(39)26-6-4-5-7-28(26)43-34)44-31(49)9-8-29(47)19-12-23(15-24(45)13-19)42-36-40-17-25(46)18-41-36/h4-7,10-15,25,27,29-30,33,43,45-48H,8-9,16-18,39H2,1-3H3,(H,44,49)(H,50,51)(H2,40,41,42)/t27-,29?,30?,33?/m0/s1. The predicted molar refractivity (Wildman–Crippen MR) is 199 cm³/mol. The normalized spacial score (nSPS) is 17.2. The lowest BCUT2D eigenvalue weighted by molar-refractivity contribution is -0.144. The first-order valence-corrected chi connectivity index (χ1v) is 17.5. The number of fused-ring (bicyclic) bond motifs is 1. The average Bonchev–Trinajstić information content (AvgIpc) is 3.41. The number of β-amino-alcohol motifs (C(OH)–C–C–N with tert-alkyl or cyclic N) is 1. The van der Waals surface area contributed by atoms with Gasteiger partial charge in [-0.15, -0.1) is 0 Å². The maximum absolute atomic E-state index is 13.6. The van der Waals surface area contributed by atoms with Crippen molar-refractivity contribution in [2.45, 2.75) is 69.8 Å². The molecule has 5 atom stereocenters. The molecule has 0 fully saturated rings. The number of H-pyrrole nitrogens is 1. The van der Waals surface area contributed by atoms with Crippen LogP contribution in [0.4, 0.5) is 11.4 Å². The summed E-state index contributed by atoms with van der Waals surface area (Å²) < 4.78 is 0.697. The monoisotopic (exact) mass is 764 g/mol. The summed E-state index contributed by atoms with van der Waals surface area (Å²) in [5.41, 5.74) is 9.61. The molecular formula is C37H45BrN6O7. The number of carbonyl (C=O) groups is 2. The van der Waals surface area contributed by atoms with Crippen molar-refractivity contribution in [3.05, 3.63) is 87.5 Å². The van der Waals surface area contributed by atoms with Crippen molar-refractivity contribution in [2.75, 3.05) is 24.1 Å². The van der Waals surface area contributed by atoms with E-state index in [4.69, 9.17) is 5.73 Å². The molecule has 0 aliphatic carbocycles. The summed E-state index contributed by atoms with van der Waals surface area (Å²) in [7, 11) is 0. The third kappa shape index (κ3) is 9.38. The number of benzene rings is 3. The van der Waals surface area contributed by atoms with Gasteiger partial charge in [0.15, 0.2) is 5.96 Å². The lowest BCUT2D eigenvalue weighted by atomic mass is 9.82. The molecule has 4 aromatic rings. The Hall–Kier alpha value is -4.63. The number of nitrogens with two attached hydrogens (primary N) is 1. The highest BCUT2D eigenvalue weighted by molar-refractivity contribution is 9.10. The van der Waals surface area contributed by atoms with Crippen LogP contribution in [0.3, 0.4) is 0 Å². The Morgan fingerprint density at radius 3 is 2.47 bits per heavy atom. The maximum Gasteiger partial charge on any atom is 0.309 e. The van der Waals surface area contributed by atoms with Crippen molar-refractivity contribution < 1.29 is 35.1 Å². The van der Waals surface area contributed by atoms with E-state index in [0.29, 0.717) is 56.1 Å². The number of nitrogens with one attached hydrogen (secondary N) is 4. The van der Waals surface area contributed by atoms with Gasteiger partial charge in [0.05, 0.1) is 48.2 Å². The smallest absolute Gasteiger partial charge is 0.309 e. The van der Waals surface area contributed by atoms with Gasteiger partial charge in [-0.3, -0.25) is 14.6 Å². The minimum atomic E-state index is -1.29. The number of carboxylic acid groups (broad SMARTS) is 1. The van der Waals surface area contributed by atoms with Crippen LogP contribution < -0.4 is 21.7 Å². The van der Waals surface area contributed by atoms with Crippen LogP contribution in [-0.2, 0) is 15.0 Å². The van der Waals surface area contributed by atoms with Crippen molar-refractivity contribution in [2.24, 2.45) is 10.9 Å². The SMILES string of the molecule is CC(C)(C)c1cc(Br)cc(C(NC(=O)CCC(O)c2cc(O)cc(NC3=NCC(O)CN3)c2)[C@H](CC(O)c2[nH]c3ccccc3c2N)C(=O)O)c1. The molecule has 0 bridgehead atoms. The number of aliphatic hydroxyl groups excluding tert-OH is 3. The van der Waals surface area contributed by atoms with Gasteiger partial charge in [-0.25, -0.2) is 0 Å². The van der Waals surface area contributed by atoms with Crippen molar-refractivity contribution in [3.63, 3.8) is 0 Å². The highest BCUT2D eigenvalue weighted by Crippen LogP contribution is 2.38.